The Kier molecular flexibility index (Phi) is 4.45. The molecule has 2 aromatic carbocycles. The summed E-state index contributed by atoms with van der Waals surface area (Å²) >= 11 is 2.82. The van der Waals surface area contributed by atoms with E-state index in [9.17, 15) is 22.7 Å². The van der Waals surface area contributed by atoms with Crippen molar-refractivity contribution in [1.82, 2.24) is 0 Å². The highest BCUT2D eigenvalue weighted by molar-refractivity contribution is 9.10. The Balaban J connectivity index is 2.28. The highest BCUT2D eigenvalue weighted by Gasteiger charge is 2.18. The van der Waals surface area contributed by atoms with Crippen LogP contribution < -0.4 is 0 Å². The first-order valence-corrected chi connectivity index (χ1v) is 6.44. The fourth-order valence-electron chi connectivity index (χ4n) is 1.80. The molecule has 6 heteroatoms. The van der Waals surface area contributed by atoms with Gasteiger partial charge in [0.25, 0.3) is 0 Å². The molecule has 0 spiro atoms. The first kappa shape index (κ1) is 15.0. The summed E-state index contributed by atoms with van der Waals surface area (Å²) in [5.74, 6) is -3.14. The fourth-order valence-corrected chi connectivity index (χ4v) is 2.11. The Morgan fingerprint density at radius 1 is 0.950 bits per heavy atom. The normalized spacial score (nSPS) is 12.5. The van der Waals surface area contributed by atoms with Crippen LogP contribution in [0.3, 0.4) is 0 Å². The molecule has 106 valence electrons. The lowest BCUT2D eigenvalue weighted by Crippen LogP contribution is -2.07. The molecule has 0 heterocycles. The maximum Gasteiger partial charge on any atom is 0.137 e. The van der Waals surface area contributed by atoms with Gasteiger partial charge in [-0.3, -0.25) is 0 Å². The number of benzene rings is 2. The molecule has 0 aliphatic heterocycles. The first-order valence-electron chi connectivity index (χ1n) is 5.65. The van der Waals surface area contributed by atoms with E-state index in [0.717, 1.165) is 24.3 Å². The molecule has 0 fully saturated rings. The van der Waals surface area contributed by atoms with Gasteiger partial charge in [-0.2, -0.15) is 0 Å². The van der Waals surface area contributed by atoms with E-state index in [0.29, 0.717) is 6.07 Å². The number of halogens is 5. The molecule has 1 N–H and O–H groups in total. The molecular weight excluding hydrogens is 340 g/mol. The van der Waals surface area contributed by atoms with Gasteiger partial charge in [0.15, 0.2) is 0 Å². The Labute approximate surface area is 121 Å². The maximum atomic E-state index is 13.6. The van der Waals surface area contributed by atoms with E-state index in [-0.39, 0.29) is 22.0 Å². The minimum Gasteiger partial charge on any atom is -0.388 e. The second kappa shape index (κ2) is 5.93. The molecule has 0 aliphatic carbocycles. The second-order valence-electron chi connectivity index (χ2n) is 4.24. The highest BCUT2D eigenvalue weighted by atomic mass is 79.9. The third kappa shape index (κ3) is 3.19. The van der Waals surface area contributed by atoms with Crippen molar-refractivity contribution in [2.24, 2.45) is 0 Å². The SMILES string of the molecule is OC(Cc1ccc(F)cc1F)c1cc(F)c(Br)cc1F. The van der Waals surface area contributed by atoms with Gasteiger partial charge in [0.05, 0.1) is 10.6 Å². The van der Waals surface area contributed by atoms with Gasteiger partial charge < -0.3 is 5.11 Å². The van der Waals surface area contributed by atoms with Crippen LogP contribution in [0.25, 0.3) is 0 Å². The molecule has 0 amide bonds. The molecule has 0 radical (unpaired) electrons. The summed E-state index contributed by atoms with van der Waals surface area (Å²) < 4.78 is 53.1. The molecule has 0 aliphatic rings. The van der Waals surface area contributed by atoms with Crippen molar-refractivity contribution in [3.63, 3.8) is 0 Å². The van der Waals surface area contributed by atoms with Crippen LogP contribution in [0.15, 0.2) is 34.8 Å². The number of aliphatic hydroxyl groups is 1. The molecule has 20 heavy (non-hydrogen) atoms. The molecule has 2 rings (SSSR count). The summed E-state index contributed by atoms with van der Waals surface area (Å²) in [6, 6.07) is 4.58. The van der Waals surface area contributed by atoms with Crippen LogP contribution in [-0.4, -0.2) is 5.11 Å². The molecule has 2 aromatic rings. The number of hydrogen-bond donors (Lipinski definition) is 1. The molecule has 1 nitrogen and oxygen atoms in total. The second-order valence-corrected chi connectivity index (χ2v) is 5.10. The minimum absolute atomic E-state index is 0.0154. The lowest BCUT2D eigenvalue weighted by molar-refractivity contribution is 0.171. The lowest BCUT2D eigenvalue weighted by atomic mass is 10.0. The van der Waals surface area contributed by atoms with Crippen LogP contribution in [0, 0.1) is 23.3 Å². The predicted molar refractivity (Wildman–Crippen MR) is 69.1 cm³/mol. The number of rotatable bonds is 3. The Morgan fingerprint density at radius 2 is 1.65 bits per heavy atom. The summed E-state index contributed by atoms with van der Waals surface area (Å²) in [6.45, 7) is 0. The van der Waals surface area contributed by atoms with Crippen molar-refractivity contribution >= 4 is 15.9 Å². The Morgan fingerprint density at radius 3 is 2.30 bits per heavy atom. The number of hydrogen-bond acceptors (Lipinski definition) is 1. The van der Waals surface area contributed by atoms with E-state index in [2.05, 4.69) is 15.9 Å². The minimum atomic E-state index is -1.43. The molecule has 0 saturated heterocycles. The third-order valence-corrected chi connectivity index (χ3v) is 3.43. The van der Waals surface area contributed by atoms with E-state index in [1.54, 1.807) is 0 Å². The average Bonchev–Trinajstić information content (AvgIpc) is 2.37. The zero-order chi connectivity index (χ0) is 14.9. The van der Waals surface area contributed by atoms with Crippen molar-refractivity contribution in [3.8, 4) is 0 Å². The van der Waals surface area contributed by atoms with E-state index >= 15 is 0 Å². The van der Waals surface area contributed by atoms with Gasteiger partial charge in [0, 0.05) is 18.1 Å². The fraction of sp³-hybridized carbons (Fsp3) is 0.143. The van der Waals surface area contributed by atoms with Crippen LogP contribution >= 0.6 is 15.9 Å². The average molecular weight is 349 g/mol. The standard InChI is InChI=1S/C14H9BrF4O/c15-10-6-12(18)9(5-13(10)19)14(20)3-7-1-2-8(16)4-11(7)17/h1-2,4-6,14,20H,3H2. The van der Waals surface area contributed by atoms with Gasteiger partial charge >= 0.3 is 0 Å². The van der Waals surface area contributed by atoms with Gasteiger partial charge in [0.1, 0.15) is 23.3 Å². The smallest absolute Gasteiger partial charge is 0.137 e. The summed E-state index contributed by atoms with van der Waals surface area (Å²) in [5.41, 5.74) is -0.268. The van der Waals surface area contributed by atoms with Crippen LogP contribution in [0.5, 0.6) is 0 Å². The molecule has 0 aromatic heterocycles. The Bertz CT molecular complexity index is 645. The van der Waals surface area contributed by atoms with E-state index in [1.807, 2.05) is 0 Å². The lowest BCUT2D eigenvalue weighted by Gasteiger charge is -2.13. The van der Waals surface area contributed by atoms with Gasteiger partial charge in [0.2, 0.25) is 0 Å². The van der Waals surface area contributed by atoms with Crippen molar-refractivity contribution in [2.75, 3.05) is 0 Å². The van der Waals surface area contributed by atoms with Crippen molar-refractivity contribution < 1.29 is 22.7 Å². The summed E-state index contributed by atoms with van der Waals surface area (Å²) in [4.78, 5) is 0. The van der Waals surface area contributed by atoms with Gasteiger partial charge in [-0.1, -0.05) is 6.07 Å². The van der Waals surface area contributed by atoms with Gasteiger partial charge in [-0.25, -0.2) is 17.6 Å². The molecule has 0 bridgehead atoms. The molecule has 1 atom stereocenters. The molecule has 0 saturated carbocycles. The quantitative estimate of drug-likeness (QED) is 0.648. The predicted octanol–water partition coefficient (Wildman–Crippen LogP) is 4.28. The summed E-state index contributed by atoms with van der Waals surface area (Å²) in [5, 5.41) is 9.88. The first-order chi connectivity index (χ1) is 9.38. The van der Waals surface area contributed by atoms with E-state index < -0.39 is 29.4 Å². The summed E-state index contributed by atoms with van der Waals surface area (Å²) in [7, 11) is 0. The zero-order valence-electron chi connectivity index (χ0n) is 10.0. The van der Waals surface area contributed by atoms with E-state index in [1.165, 1.54) is 0 Å². The van der Waals surface area contributed by atoms with Crippen molar-refractivity contribution in [2.45, 2.75) is 12.5 Å². The number of aliphatic hydroxyl groups excluding tert-OH is 1. The molecule has 1 unspecified atom stereocenters. The topological polar surface area (TPSA) is 20.2 Å². The summed E-state index contributed by atoms with van der Waals surface area (Å²) in [6.07, 6.45) is -1.72. The Hall–Kier alpha value is -1.40. The van der Waals surface area contributed by atoms with Crippen LogP contribution in [0.2, 0.25) is 0 Å². The monoisotopic (exact) mass is 348 g/mol. The van der Waals surface area contributed by atoms with E-state index in [4.69, 9.17) is 0 Å². The molecular formula is C14H9BrF4O. The van der Waals surface area contributed by atoms with Crippen LogP contribution in [-0.2, 0) is 6.42 Å². The van der Waals surface area contributed by atoms with Crippen LogP contribution in [0.4, 0.5) is 17.6 Å². The van der Waals surface area contributed by atoms with Crippen LogP contribution in [0.1, 0.15) is 17.2 Å². The maximum absolute atomic E-state index is 13.6. The largest absolute Gasteiger partial charge is 0.388 e. The van der Waals surface area contributed by atoms with Gasteiger partial charge in [-0.15, -0.1) is 0 Å². The van der Waals surface area contributed by atoms with Crippen molar-refractivity contribution in [3.05, 3.63) is 69.2 Å². The third-order valence-electron chi connectivity index (χ3n) is 2.83. The van der Waals surface area contributed by atoms with Crippen molar-refractivity contribution in [1.29, 1.82) is 0 Å². The zero-order valence-corrected chi connectivity index (χ0v) is 11.6. The highest BCUT2D eigenvalue weighted by Crippen LogP contribution is 2.27. The van der Waals surface area contributed by atoms with Gasteiger partial charge in [-0.05, 0) is 39.7 Å².